The van der Waals surface area contributed by atoms with Crippen LogP contribution in [0.15, 0.2) is 0 Å². The second-order valence-electron chi connectivity index (χ2n) is 5.16. The quantitative estimate of drug-likeness (QED) is 0.640. The number of rotatable bonds is 1. The molecule has 3 nitrogen and oxygen atoms in total. The Bertz CT molecular complexity index is 198. The number of likely N-dealkylation sites (tertiary alicyclic amines) is 1. The highest BCUT2D eigenvalue weighted by atomic mass is 16.3. The zero-order valence-electron chi connectivity index (χ0n) is 9.57. The van der Waals surface area contributed by atoms with Gasteiger partial charge in [-0.15, -0.1) is 0 Å². The topological polar surface area (TPSA) is 49.5 Å². The van der Waals surface area contributed by atoms with Crippen molar-refractivity contribution in [2.24, 2.45) is 5.73 Å². The summed E-state index contributed by atoms with van der Waals surface area (Å²) in [6.45, 7) is 1.98. The maximum Gasteiger partial charge on any atom is 0.0667 e. The van der Waals surface area contributed by atoms with Gasteiger partial charge in [-0.05, 0) is 32.2 Å². The van der Waals surface area contributed by atoms with E-state index in [0.717, 1.165) is 32.4 Å². The van der Waals surface area contributed by atoms with E-state index in [1.165, 1.54) is 25.7 Å². The van der Waals surface area contributed by atoms with Gasteiger partial charge in [-0.25, -0.2) is 0 Å². The molecule has 0 aromatic heterocycles. The van der Waals surface area contributed by atoms with Crippen molar-refractivity contribution in [3.8, 4) is 0 Å². The molecule has 0 aromatic carbocycles. The lowest BCUT2D eigenvalue weighted by atomic mass is 9.98. The SMILES string of the molecule is NC1CCCCCC1N1CCCC(O)C1. The molecule has 1 saturated heterocycles. The largest absolute Gasteiger partial charge is 0.392 e. The summed E-state index contributed by atoms with van der Waals surface area (Å²) < 4.78 is 0. The van der Waals surface area contributed by atoms with Gasteiger partial charge in [-0.2, -0.15) is 0 Å². The normalized spacial score (nSPS) is 40.0. The molecule has 3 atom stereocenters. The van der Waals surface area contributed by atoms with E-state index in [-0.39, 0.29) is 6.10 Å². The zero-order valence-corrected chi connectivity index (χ0v) is 9.57. The minimum atomic E-state index is -0.116. The van der Waals surface area contributed by atoms with Crippen LogP contribution in [0.3, 0.4) is 0 Å². The molecule has 1 heterocycles. The maximum absolute atomic E-state index is 9.68. The van der Waals surface area contributed by atoms with Crippen molar-refractivity contribution in [3.63, 3.8) is 0 Å². The Balaban J connectivity index is 1.94. The lowest BCUT2D eigenvalue weighted by Crippen LogP contribution is -2.52. The van der Waals surface area contributed by atoms with E-state index in [9.17, 15) is 5.11 Å². The summed E-state index contributed by atoms with van der Waals surface area (Å²) in [6, 6.07) is 0.861. The van der Waals surface area contributed by atoms with Gasteiger partial charge in [-0.3, -0.25) is 4.90 Å². The molecule has 2 aliphatic rings. The maximum atomic E-state index is 9.68. The Morgan fingerprint density at radius 2 is 1.80 bits per heavy atom. The number of nitrogens with zero attached hydrogens (tertiary/aromatic N) is 1. The van der Waals surface area contributed by atoms with Gasteiger partial charge in [0.2, 0.25) is 0 Å². The average molecular weight is 212 g/mol. The molecule has 3 N–H and O–H groups in total. The smallest absolute Gasteiger partial charge is 0.0667 e. The third-order valence-electron chi connectivity index (χ3n) is 3.93. The summed E-state index contributed by atoms with van der Waals surface area (Å²) >= 11 is 0. The predicted molar refractivity (Wildman–Crippen MR) is 61.7 cm³/mol. The predicted octanol–water partition coefficient (Wildman–Crippen LogP) is 1.10. The number of aliphatic hydroxyl groups is 1. The molecule has 3 unspecified atom stereocenters. The van der Waals surface area contributed by atoms with Crippen LogP contribution in [0.5, 0.6) is 0 Å². The summed E-state index contributed by atoms with van der Waals surface area (Å²) in [7, 11) is 0. The van der Waals surface area contributed by atoms with Gasteiger partial charge in [0.1, 0.15) is 0 Å². The summed E-state index contributed by atoms with van der Waals surface area (Å²) in [6.07, 6.45) is 8.31. The van der Waals surface area contributed by atoms with Crippen LogP contribution in [-0.2, 0) is 0 Å². The highest BCUT2D eigenvalue weighted by Crippen LogP contribution is 2.24. The molecule has 2 rings (SSSR count). The van der Waals surface area contributed by atoms with Gasteiger partial charge in [0, 0.05) is 18.6 Å². The number of hydrogen-bond acceptors (Lipinski definition) is 3. The fraction of sp³-hybridized carbons (Fsp3) is 1.00. The lowest BCUT2D eigenvalue weighted by Gasteiger charge is -2.38. The standard InChI is InChI=1S/C12H24N2O/c13-11-6-2-1-3-7-12(11)14-8-4-5-10(15)9-14/h10-12,15H,1-9,13H2. The van der Waals surface area contributed by atoms with E-state index < -0.39 is 0 Å². The summed E-state index contributed by atoms with van der Waals surface area (Å²) in [5, 5.41) is 9.68. The van der Waals surface area contributed by atoms with E-state index in [1.807, 2.05) is 0 Å². The first-order valence-electron chi connectivity index (χ1n) is 6.45. The van der Waals surface area contributed by atoms with E-state index in [4.69, 9.17) is 5.73 Å². The van der Waals surface area contributed by atoms with Crippen LogP contribution < -0.4 is 5.73 Å². The van der Waals surface area contributed by atoms with Crippen LogP contribution in [0.2, 0.25) is 0 Å². The molecular weight excluding hydrogens is 188 g/mol. The average Bonchev–Trinajstić information content (AvgIpc) is 2.43. The second kappa shape index (κ2) is 5.28. The number of aliphatic hydroxyl groups excluding tert-OH is 1. The van der Waals surface area contributed by atoms with Gasteiger partial charge in [0.15, 0.2) is 0 Å². The molecule has 88 valence electrons. The number of hydrogen-bond donors (Lipinski definition) is 2. The second-order valence-corrected chi connectivity index (χ2v) is 5.16. The highest BCUT2D eigenvalue weighted by Gasteiger charge is 2.29. The van der Waals surface area contributed by atoms with Crippen molar-refractivity contribution in [1.29, 1.82) is 0 Å². The van der Waals surface area contributed by atoms with Crippen molar-refractivity contribution in [2.45, 2.75) is 63.1 Å². The van der Waals surface area contributed by atoms with Crippen molar-refractivity contribution in [3.05, 3.63) is 0 Å². The molecule has 0 spiro atoms. The van der Waals surface area contributed by atoms with Gasteiger partial charge >= 0.3 is 0 Å². The summed E-state index contributed by atoms with van der Waals surface area (Å²) in [5.41, 5.74) is 6.23. The molecule has 3 heteroatoms. The number of β-amino-alcohol motifs (C(OH)–C–C–N with tert-alkyl or cyclic N) is 1. The Morgan fingerprint density at radius 1 is 1.00 bits per heavy atom. The minimum absolute atomic E-state index is 0.116. The number of piperidine rings is 1. The molecule has 0 radical (unpaired) electrons. The van der Waals surface area contributed by atoms with Crippen LogP contribution in [0.4, 0.5) is 0 Å². The fourth-order valence-electron chi connectivity index (χ4n) is 3.05. The Labute approximate surface area is 92.6 Å². The lowest BCUT2D eigenvalue weighted by molar-refractivity contribution is 0.0375. The number of nitrogens with two attached hydrogens (primary N) is 1. The van der Waals surface area contributed by atoms with Crippen molar-refractivity contribution in [1.82, 2.24) is 4.90 Å². The third-order valence-corrected chi connectivity index (χ3v) is 3.93. The Kier molecular flexibility index (Phi) is 4.00. The van der Waals surface area contributed by atoms with Gasteiger partial charge in [-0.1, -0.05) is 19.3 Å². The highest BCUT2D eigenvalue weighted by molar-refractivity contribution is 4.87. The molecule has 2 fully saturated rings. The van der Waals surface area contributed by atoms with E-state index in [0.29, 0.717) is 12.1 Å². The molecule has 15 heavy (non-hydrogen) atoms. The van der Waals surface area contributed by atoms with Crippen molar-refractivity contribution in [2.75, 3.05) is 13.1 Å². The van der Waals surface area contributed by atoms with Crippen LogP contribution in [0, 0.1) is 0 Å². The van der Waals surface area contributed by atoms with E-state index >= 15 is 0 Å². The fourth-order valence-corrected chi connectivity index (χ4v) is 3.05. The molecule has 0 aromatic rings. The first kappa shape index (κ1) is 11.4. The molecule has 0 amide bonds. The molecule has 0 bridgehead atoms. The van der Waals surface area contributed by atoms with E-state index in [2.05, 4.69) is 4.90 Å². The molecule has 1 aliphatic heterocycles. The Morgan fingerprint density at radius 3 is 2.60 bits per heavy atom. The molecular formula is C12H24N2O. The summed E-state index contributed by atoms with van der Waals surface area (Å²) in [5.74, 6) is 0. The van der Waals surface area contributed by atoms with Crippen molar-refractivity contribution < 1.29 is 5.11 Å². The van der Waals surface area contributed by atoms with Crippen LogP contribution in [0.25, 0.3) is 0 Å². The van der Waals surface area contributed by atoms with Crippen LogP contribution in [-0.4, -0.2) is 41.3 Å². The van der Waals surface area contributed by atoms with Gasteiger partial charge in [0.05, 0.1) is 6.10 Å². The van der Waals surface area contributed by atoms with Crippen LogP contribution >= 0.6 is 0 Å². The Hall–Kier alpha value is -0.120. The molecule has 1 aliphatic carbocycles. The summed E-state index contributed by atoms with van der Waals surface area (Å²) in [4.78, 5) is 2.43. The van der Waals surface area contributed by atoms with Gasteiger partial charge in [0.25, 0.3) is 0 Å². The first-order valence-corrected chi connectivity index (χ1v) is 6.45. The minimum Gasteiger partial charge on any atom is -0.392 e. The van der Waals surface area contributed by atoms with Crippen molar-refractivity contribution >= 4 is 0 Å². The van der Waals surface area contributed by atoms with Gasteiger partial charge < -0.3 is 10.8 Å². The third kappa shape index (κ3) is 2.92. The zero-order chi connectivity index (χ0) is 10.7. The van der Waals surface area contributed by atoms with Crippen LogP contribution in [0.1, 0.15) is 44.9 Å². The monoisotopic (exact) mass is 212 g/mol. The molecule has 1 saturated carbocycles. The first-order chi connectivity index (χ1) is 7.27. The van der Waals surface area contributed by atoms with E-state index in [1.54, 1.807) is 0 Å².